The maximum Gasteiger partial charge on any atom is 0.150 e. The highest BCUT2D eigenvalue weighted by Crippen LogP contribution is 2.39. The van der Waals surface area contributed by atoms with Crippen molar-refractivity contribution in [2.45, 2.75) is 51.3 Å². The summed E-state index contributed by atoms with van der Waals surface area (Å²) in [5, 5.41) is 5.48. The predicted octanol–water partition coefficient (Wildman–Crippen LogP) is 5.82. The number of anilines is 2. The highest BCUT2D eigenvalue weighted by molar-refractivity contribution is 6.01. The van der Waals surface area contributed by atoms with Crippen LogP contribution in [0.4, 0.5) is 15.9 Å². The molecule has 6 heterocycles. The summed E-state index contributed by atoms with van der Waals surface area (Å²) in [6, 6.07) is 11.7. The van der Waals surface area contributed by atoms with Crippen LogP contribution in [0.2, 0.25) is 0 Å². The van der Waals surface area contributed by atoms with E-state index in [9.17, 15) is 0 Å². The number of pyridine rings is 2. The third kappa shape index (κ3) is 4.61. The normalized spacial score (nSPS) is 21.9. The van der Waals surface area contributed by atoms with Crippen molar-refractivity contribution in [3.8, 4) is 22.5 Å². The Hall–Kier alpha value is -3.56. The fourth-order valence-corrected chi connectivity index (χ4v) is 6.31. The minimum Gasteiger partial charge on any atom is -0.377 e. The number of halogens is 1. The van der Waals surface area contributed by atoms with Gasteiger partial charge in [0.05, 0.1) is 24.9 Å². The van der Waals surface area contributed by atoms with Gasteiger partial charge in [0.25, 0.3) is 0 Å². The van der Waals surface area contributed by atoms with E-state index in [0.29, 0.717) is 18.8 Å². The first-order valence-corrected chi connectivity index (χ1v) is 14.5. The molecule has 7 rings (SSSR count). The molecule has 0 saturated carbocycles. The van der Waals surface area contributed by atoms with Crippen LogP contribution in [-0.2, 0) is 9.47 Å². The lowest BCUT2D eigenvalue weighted by Crippen LogP contribution is -2.44. The van der Waals surface area contributed by atoms with Gasteiger partial charge in [0.2, 0.25) is 0 Å². The maximum absolute atomic E-state index is 15.9. The van der Waals surface area contributed by atoms with Crippen molar-refractivity contribution < 1.29 is 13.9 Å². The van der Waals surface area contributed by atoms with E-state index in [0.717, 1.165) is 97.7 Å². The van der Waals surface area contributed by atoms with Gasteiger partial charge in [-0.25, -0.2) is 14.1 Å². The summed E-state index contributed by atoms with van der Waals surface area (Å²) in [5.74, 6) is 0.576. The lowest BCUT2D eigenvalue weighted by molar-refractivity contribution is -0.0383. The van der Waals surface area contributed by atoms with Crippen LogP contribution in [-0.4, -0.2) is 65.2 Å². The molecule has 0 spiro atoms. The van der Waals surface area contributed by atoms with Gasteiger partial charge in [-0.05, 0) is 81.0 Å². The zero-order valence-corrected chi connectivity index (χ0v) is 22.9. The summed E-state index contributed by atoms with van der Waals surface area (Å²) >= 11 is 0. The second-order valence-electron chi connectivity index (χ2n) is 11.0. The molecule has 40 heavy (non-hydrogen) atoms. The van der Waals surface area contributed by atoms with E-state index in [1.807, 2.05) is 35.0 Å². The van der Waals surface area contributed by atoms with Gasteiger partial charge in [0, 0.05) is 55.3 Å². The topological polar surface area (TPSA) is 68.5 Å². The Balaban J connectivity index is 1.40. The van der Waals surface area contributed by atoms with E-state index in [2.05, 4.69) is 21.8 Å². The minimum absolute atomic E-state index is 0.131. The molecular formula is C31H35FN6O2. The fourth-order valence-electron chi connectivity index (χ4n) is 6.31. The maximum atomic E-state index is 15.9. The molecule has 3 saturated heterocycles. The number of nitrogens with zero attached hydrogens (tertiary/aromatic N) is 6. The van der Waals surface area contributed by atoms with Gasteiger partial charge in [0.15, 0.2) is 6.23 Å². The number of fused-ring (bicyclic) bond motifs is 1. The number of hydrogen-bond donors (Lipinski definition) is 0. The lowest BCUT2D eigenvalue weighted by atomic mass is 9.99. The monoisotopic (exact) mass is 542 g/mol. The van der Waals surface area contributed by atoms with Crippen molar-refractivity contribution in [2.75, 3.05) is 49.3 Å². The number of morpholine rings is 1. The Labute approximate surface area is 233 Å². The van der Waals surface area contributed by atoms with E-state index < -0.39 is 0 Å². The van der Waals surface area contributed by atoms with E-state index in [1.165, 1.54) is 0 Å². The molecule has 8 nitrogen and oxygen atoms in total. The Kier molecular flexibility index (Phi) is 6.85. The smallest absolute Gasteiger partial charge is 0.150 e. The van der Waals surface area contributed by atoms with Crippen molar-refractivity contribution in [1.82, 2.24) is 19.7 Å². The molecule has 2 unspecified atom stereocenters. The van der Waals surface area contributed by atoms with Gasteiger partial charge in [-0.1, -0.05) is 0 Å². The first-order chi connectivity index (χ1) is 19.7. The second kappa shape index (κ2) is 10.8. The molecule has 0 bridgehead atoms. The molecule has 0 N–H and O–H groups in total. The molecule has 3 aliphatic heterocycles. The summed E-state index contributed by atoms with van der Waals surface area (Å²) in [6.45, 7) is 6.78. The highest BCUT2D eigenvalue weighted by atomic mass is 19.1. The second-order valence-corrected chi connectivity index (χ2v) is 11.0. The molecule has 3 aromatic heterocycles. The number of rotatable bonds is 5. The summed E-state index contributed by atoms with van der Waals surface area (Å²) < 4.78 is 29.6. The van der Waals surface area contributed by atoms with Gasteiger partial charge in [0.1, 0.15) is 22.8 Å². The van der Waals surface area contributed by atoms with E-state index in [-0.39, 0.29) is 18.1 Å². The first kappa shape index (κ1) is 25.4. The summed E-state index contributed by atoms with van der Waals surface area (Å²) in [5.41, 5.74) is 4.63. The molecule has 3 fully saturated rings. The molecule has 0 radical (unpaired) electrons. The van der Waals surface area contributed by atoms with Crippen LogP contribution in [0.25, 0.3) is 33.4 Å². The molecular weight excluding hydrogens is 507 g/mol. The fraction of sp³-hybridized carbons (Fsp3) is 0.452. The summed E-state index contributed by atoms with van der Waals surface area (Å²) in [4.78, 5) is 14.5. The van der Waals surface area contributed by atoms with Gasteiger partial charge < -0.3 is 19.3 Å². The SMILES string of the molecule is CC1COCCN1c1cc(-c2ccc(N3CCCC3)cc2F)c2ccnc(-c3ccnn3C3CCCCO3)c2n1. The number of hydrogen-bond acceptors (Lipinski definition) is 7. The zero-order chi connectivity index (χ0) is 27.1. The predicted molar refractivity (Wildman–Crippen MR) is 154 cm³/mol. The molecule has 4 aromatic rings. The summed E-state index contributed by atoms with van der Waals surface area (Å²) in [7, 11) is 0. The van der Waals surface area contributed by atoms with Crippen molar-refractivity contribution in [2.24, 2.45) is 0 Å². The summed E-state index contributed by atoms with van der Waals surface area (Å²) in [6.07, 6.45) is 8.82. The molecule has 2 atom stereocenters. The Morgan fingerprint density at radius 1 is 0.925 bits per heavy atom. The largest absolute Gasteiger partial charge is 0.377 e. The molecule has 208 valence electrons. The Bertz CT molecular complexity index is 1510. The molecule has 9 heteroatoms. The Morgan fingerprint density at radius 2 is 1.82 bits per heavy atom. The highest BCUT2D eigenvalue weighted by Gasteiger charge is 2.26. The number of benzene rings is 1. The Morgan fingerprint density at radius 3 is 2.62 bits per heavy atom. The van der Waals surface area contributed by atoms with Gasteiger partial charge in [-0.2, -0.15) is 5.10 Å². The van der Waals surface area contributed by atoms with E-state index in [4.69, 9.17) is 19.4 Å². The molecule has 0 aliphatic carbocycles. The third-order valence-electron chi connectivity index (χ3n) is 8.43. The number of ether oxygens (including phenoxy) is 2. The standard InChI is InChI=1S/C31H35FN6O2/c1-21-20-39-17-15-37(21)28-19-25(23-8-7-22(18-26(23)32)36-13-3-4-14-36)24-9-11-33-31(30(24)35-28)27-10-12-34-38(27)29-6-2-5-16-40-29/h7-12,18-19,21,29H,2-6,13-17,20H2,1H3. The third-order valence-corrected chi connectivity index (χ3v) is 8.43. The molecule has 1 aromatic carbocycles. The van der Waals surface area contributed by atoms with Gasteiger partial charge in [-0.3, -0.25) is 4.98 Å². The van der Waals surface area contributed by atoms with E-state index >= 15 is 4.39 Å². The first-order valence-electron chi connectivity index (χ1n) is 14.5. The quantitative estimate of drug-likeness (QED) is 0.315. The minimum atomic E-state index is -0.225. The van der Waals surface area contributed by atoms with E-state index in [1.54, 1.807) is 18.5 Å². The van der Waals surface area contributed by atoms with Crippen molar-refractivity contribution in [3.05, 3.63) is 54.6 Å². The number of aromatic nitrogens is 4. The zero-order valence-electron chi connectivity index (χ0n) is 22.9. The van der Waals surface area contributed by atoms with Crippen molar-refractivity contribution in [3.63, 3.8) is 0 Å². The lowest BCUT2D eigenvalue weighted by Gasteiger charge is -2.34. The van der Waals surface area contributed by atoms with Crippen LogP contribution in [0.15, 0.2) is 48.8 Å². The average molecular weight is 543 g/mol. The average Bonchev–Trinajstić information content (AvgIpc) is 3.70. The van der Waals surface area contributed by atoms with Gasteiger partial charge in [-0.15, -0.1) is 0 Å². The van der Waals surface area contributed by atoms with Crippen molar-refractivity contribution in [1.29, 1.82) is 0 Å². The van der Waals surface area contributed by atoms with Crippen LogP contribution in [0.5, 0.6) is 0 Å². The molecule has 3 aliphatic rings. The van der Waals surface area contributed by atoms with Crippen LogP contribution in [0.1, 0.15) is 45.3 Å². The van der Waals surface area contributed by atoms with Crippen LogP contribution < -0.4 is 9.80 Å². The van der Waals surface area contributed by atoms with Crippen LogP contribution in [0.3, 0.4) is 0 Å². The van der Waals surface area contributed by atoms with Gasteiger partial charge >= 0.3 is 0 Å². The molecule has 0 amide bonds. The van der Waals surface area contributed by atoms with Crippen LogP contribution >= 0.6 is 0 Å². The van der Waals surface area contributed by atoms with Crippen LogP contribution in [0, 0.1) is 5.82 Å². The van der Waals surface area contributed by atoms with Crippen molar-refractivity contribution >= 4 is 22.4 Å².